The normalized spacial score (nSPS) is 18.9. The van der Waals surface area contributed by atoms with Gasteiger partial charge in [-0.15, -0.1) is 0 Å². The number of ether oxygens (including phenoxy) is 1. The van der Waals surface area contributed by atoms with Crippen LogP contribution in [0, 0.1) is 12.8 Å². The molecule has 104 valence electrons. The Morgan fingerprint density at radius 3 is 3.00 bits per heavy atom. The molecule has 0 spiro atoms. The second kappa shape index (κ2) is 6.57. The molecule has 0 saturated carbocycles. The van der Waals surface area contributed by atoms with Crippen LogP contribution in [0.5, 0.6) is 0 Å². The highest BCUT2D eigenvalue weighted by atomic mass is 16.5. The topological polar surface area (TPSA) is 50.4 Å². The van der Waals surface area contributed by atoms with Crippen molar-refractivity contribution in [1.29, 1.82) is 0 Å². The number of hydrogen-bond acceptors (Lipinski definition) is 3. The van der Waals surface area contributed by atoms with Gasteiger partial charge in [-0.3, -0.25) is 4.79 Å². The number of carbonyl (C=O) groups is 1. The van der Waals surface area contributed by atoms with Crippen LogP contribution in [0.4, 0.5) is 11.4 Å². The summed E-state index contributed by atoms with van der Waals surface area (Å²) in [6, 6.07) is 6.05. The Labute approximate surface area is 114 Å². The average molecular weight is 262 g/mol. The molecular weight excluding hydrogens is 240 g/mol. The van der Waals surface area contributed by atoms with Crippen LogP contribution in [0.15, 0.2) is 18.2 Å². The van der Waals surface area contributed by atoms with Crippen LogP contribution in [-0.4, -0.2) is 25.7 Å². The van der Waals surface area contributed by atoms with Gasteiger partial charge in [0.1, 0.15) is 0 Å². The minimum Gasteiger partial charge on any atom is -0.385 e. The van der Waals surface area contributed by atoms with Crippen molar-refractivity contribution in [2.75, 3.05) is 30.4 Å². The molecule has 1 aliphatic rings. The van der Waals surface area contributed by atoms with Crippen LogP contribution in [0.2, 0.25) is 0 Å². The van der Waals surface area contributed by atoms with Gasteiger partial charge in [-0.1, -0.05) is 6.07 Å². The zero-order chi connectivity index (χ0) is 13.7. The fourth-order valence-electron chi connectivity index (χ4n) is 2.29. The molecule has 2 N–H and O–H groups in total. The van der Waals surface area contributed by atoms with Gasteiger partial charge in [0.25, 0.3) is 0 Å². The molecule has 2 rings (SSSR count). The highest BCUT2D eigenvalue weighted by molar-refractivity contribution is 5.90. The Morgan fingerprint density at radius 1 is 1.47 bits per heavy atom. The molecule has 4 nitrogen and oxygen atoms in total. The van der Waals surface area contributed by atoms with E-state index < -0.39 is 0 Å². The van der Waals surface area contributed by atoms with Gasteiger partial charge in [0, 0.05) is 31.5 Å². The first-order valence-corrected chi connectivity index (χ1v) is 6.85. The van der Waals surface area contributed by atoms with Gasteiger partial charge >= 0.3 is 0 Å². The van der Waals surface area contributed by atoms with E-state index in [-0.39, 0.29) is 5.91 Å². The van der Waals surface area contributed by atoms with Crippen molar-refractivity contribution in [2.24, 2.45) is 5.92 Å². The van der Waals surface area contributed by atoms with E-state index in [1.54, 1.807) is 0 Å². The van der Waals surface area contributed by atoms with Crippen LogP contribution in [-0.2, 0) is 9.53 Å². The number of nitrogens with one attached hydrogen (secondary N) is 2. The summed E-state index contributed by atoms with van der Waals surface area (Å²) in [5.41, 5.74) is 2.99. The van der Waals surface area contributed by atoms with Crippen LogP contribution in [0.1, 0.15) is 25.3 Å². The SMILES string of the molecule is CC(=O)Nc1cc(NCC2CCCOC2)ccc1C. The Balaban J connectivity index is 1.94. The lowest BCUT2D eigenvalue weighted by atomic mass is 10.0. The second-order valence-corrected chi connectivity index (χ2v) is 5.17. The van der Waals surface area contributed by atoms with Crippen LogP contribution in [0.3, 0.4) is 0 Å². The van der Waals surface area contributed by atoms with Gasteiger partial charge in [-0.2, -0.15) is 0 Å². The molecule has 1 unspecified atom stereocenters. The summed E-state index contributed by atoms with van der Waals surface area (Å²) in [4.78, 5) is 11.1. The summed E-state index contributed by atoms with van der Waals surface area (Å²) < 4.78 is 5.47. The number of anilines is 2. The van der Waals surface area contributed by atoms with Gasteiger partial charge in [-0.25, -0.2) is 0 Å². The van der Waals surface area contributed by atoms with Crippen molar-refractivity contribution in [3.05, 3.63) is 23.8 Å². The summed E-state index contributed by atoms with van der Waals surface area (Å²) in [5, 5.41) is 6.27. The van der Waals surface area contributed by atoms with Gasteiger partial charge in [-0.05, 0) is 43.4 Å². The molecule has 1 atom stereocenters. The Bertz CT molecular complexity index is 440. The Morgan fingerprint density at radius 2 is 2.32 bits per heavy atom. The molecule has 0 radical (unpaired) electrons. The zero-order valence-corrected chi connectivity index (χ0v) is 11.7. The van der Waals surface area contributed by atoms with E-state index in [0.29, 0.717) is 5.92 Å². The van der Waals surface area contributed by atoms with Crippen LogP contribution < -0.4 is 10.6 Å². The van der Waals surface area contributed by atoms with E-state index in [2.05, 4.69) is 10.6 Å². The molecule has 1 amide bonds. The van der Waals surface area contributed by atoms with E-state index in [9.17, 15) is 4.79 Å². The van der Waals surface area contributed by atoms with Gasteiger partial charge in [0.2, 0.25) is 5.91 Å². The molecule has 0 bridgehead atoms. The molecule has 1 heterocycles. The number of benzene rings is 1. The monoisotopic (exact) mass is 262 g/mol. The molecule has 1 saturated heterocycles. The fraction of sp³-hybridized carbons (Fsp3) is 0.533. The van der Waals surface area contributed by atoms with Crippen molar-refractivity contribution in [3.63, 3.8) is 0 Å². The summed E-state index contributed by atoms with van der Waals surface area (Å²) >= 11 is 0. The van der Waals surface area contributed by atoms with E-state index in [0.717, 1.165) is 43.1 Å². The number of aryl methyl sites for hydroxylation is 1. The highest BCUT2D eigenvalue weighted by Gasteiger charge is 2.13. The third-order valence-electron chi connectivity index (χ3n) is 3.40. The van der Waals surface area contributed by atoms with E-state index in [1.807, 2.05) is 25.1 Å². The standard InChI is InChI=1S/C15H22N2O2/c1-11-5-6-14(8-15(11)17-12(2)18)16-9-13-4-3-7-19-10-13/h5-6,8,13,16H,3-4,7,9-10H2,1-2H3,(H,17,18). The molecule has 1 aromatic carbocycles. The predicted molar refractivity (Wildman–Crippen MR) is 77.5 cm³/mol. The second-order valence-electron chi connectivity index (χ2n) is 5.17. The molecule has 0 aliphatic carbocycles. The zero-order valence-electron chi connectivity index (χ0n) is 11.7. The average Bonchev–Trinajstić information content (AvgIpc) is 2.40. The number of carbonyl (C=O) groups excluding carboxylic acids is 1. The molecule has 1 fully saturated rings. The van der Waals surface area contributed by atoms with Crippen molar-refractivity contribution in [1.82, 2.24) is 0 Å². The first-order chi connectivity index (χ1) is 9.15. The maximum absolute atomic E-state index is 11.1. The fourth-order valence-corrected chi connectivity index (χ4v) is 2.29. The largest absolute Gasteiger partial charge is 0.385 e. The summed E-state index contributed by atoms with van der Waals surface area (Å²) in [6.45, 7) is 6.18. The highest BCUT2D eigenvalue weighted by Crippen LogP contribution is 2.21. The molecule has 0 aromatic heterocycles. The summed E-state index contributed by atoms with van der Waals surface area (Å²) in [5.74, 6) is 0.542. The Hall–Kier alpha value is -1.55. The number of amides is 1. The van der Waals surface area contributed by atoms with Crippen LogP contribution in [0.25, 0.3) is 0 Å². The van der Waals surface area contributed by atoms with Gasteiger partial charge in [0.05, 0.1) is 6.61 Å². The third kappa shape index (κ3) is 4.24. The minimum atomic E-state index is -0.0408. The van der Waals surface area contributed by atoms with Gasteiger partial charge in [0.15, 0.2) is 0 Å². The number of hydrogen-bond donors (Lipinski definition) is 2. The third-order valence-corrected chi connectivity index (χ3v) is 3.40. The van der Waals surface area contributed by atoms with Crippen molar-refractivity contribution >= 4 is 17.3 Å². The van der Waals surface area contributed by atoms with E-state index >= 15 is 0 Å². The maximum atomic E-state index is 11.1. The summed E-state index contributed by atoms with van der Waals surface area (Å²) in [6.07, 6.45) is 2.37. The summed E-state index contributed by atoms with van der Waals surface area (Å²) in [7, 11) is 0. The lowest BCUT2D eigenvalue weighted by Crippen LogP contribution is -2.24. The molecule has 19 heavy (non-hydrogen) atoms. The Kier molecular flexibility index (Phi) is 4.80. The van der Waals surface area contributed by atoms with E-state index in [4.69, 9.17) is 4.74 Å². The molecular formula is C15H22N2O2. The molecule has 1 aliphatic heterocycles. The first kappa shape index (κ1) is 13.9. The molecule has 1 aromatic rings. The lowest BCUT2D eigenvalue weighted by Gasteiger charge is -2.23. The van der Waals surface area contributed by atoms with Crippen molar-refractivity contribution in [2.45, 2.75) is 26.7 Å². The minimum absolute atomic E-state index is 0.0408. The predicted octanol–water partition coefficient (Wildman–Crippen LogP) is 2.79. The maximum Gasteiger partial charge on any atom is 0.221 e. The smallest absolute Gasteiger partial charge is 0.221 e. The first-order valence-electron chi connectivity index (χ1n) is 6.85. The van der Waals surface area contributed by atoms with Gasteiger partial charge < -0.3 is 15.4 Å². The lowest BCUT2D eigenvalue weighted by molar-refractivity contribution is -0.114. The number of rotatable bonds is 4. The van der Waals surface area contributed by atoms with Crippen molar-refractivity contribution < 1.29 is 9.53 Å². The molecule has 4 heteroatoms. The van der Waals surface area contributed by atoms with Crippen molar-refractivity contribution in [3.8, 4) is 0 Å². The van der Waals surface area contributed by atoms with E-state index in [1.165, 1.54) is 13.3 Å². The van der Waals surface area contributed by atoms with Crippen LogP contribution >= 0.6 is 0 Å². The quantitative estimate of drug-likeness (QED) is 0.877.